The van der Waals surface area contributed by atoms with Gasteiger partial charge in [-0.3, -0.25) is 0 Å². The van der Waals surface area contributed by atoms with Gasteiger partial charge in [-0.15, -0.1) is 6.58 Å². The van der Waals surface area contributed by atoms with E-state index in [-0.39, 0.29) is 0 Å². The van der Waals surface area contributed by atoms with Crippen LogP contribution in [0.5, 0.6) is 0 Å². The molecule has 0 spiro atoms. The summed E-state index contributed by atoms with van der Waals surface area (Å²) in [7, 11) is 0. The van der Waals surface area contributed by atoms with Gasteiger partial charge in [0.1, 0.15) is 0 Å². The third kappa shape index (κ3) is 1.85. The van der Waals surface area contributed by atoms with Gasteiger partial charge in [0.25, 0.3) is 0 Å². The smallest absolute Gasteiger partial charge is 0.0205 e. The van der Waals surface area contributed by atoms with Gasteiger partial charge in [-0.2, -0.15) is 0 Å². The van der Waals surface area contributed by atoms with Crippen LogP contribution >= 0.6 is 0 Å². The summed E-state index contributed by atoms with van der Waals surface area (Å²) in [4.78, 5) is 0. The van der Waals surface area contributed by atoms with Gasteiger partial charge in [0.05, 0.1) is 0 Å². The van der Waals surface area contributed by atoms with Gasteiger partial charge >= 0.3 is 0 Å². The molecule has 0 aliphatic heterocycles. The lowest BCUT2D eigenvalue weighted by atomic mass is 9.72. The fourth-order valence-corrected chi connectivity index (χ4v) is 2.52. The van der Waals surface area contributed by atoms with Crippen LogP contribution in [0.25, 0.3) is 0 Å². The van der Waals surface area contributed by atoms with Crippen LogP contribution in [0.1, 0.15) is 39.5 Å². The maximum atomic E-state index is 3.92. The molecular formula is C11H20. The van der Waals surface area contributed by atoms with E-state index in [4.69, 9.17) is 0 Å². The standard InChI is InChI=1S/C11H20/c1-4-10-8-6-7-9(3)11(10)5-2/h4,9-11H,1,5-8H2,2-3H3. The average molecular weight is 152 g/mol. The monoisotopic (exact) mass is 152 g/mol. The van der Waals surface area contributed by atoms with Gasteiger partial charge in [0, 0.05) is 0 Å². The molecule has 1 saturated carbocycles. The Morgan fingerprint density at radius 2 is 2.18 bits per heavy atom. The molecule has 0 bridgehead atoms. The second-order valence-electron chi connectivity index (χ2n) is 3.88. The first-order chi connectivity index (χ1) is 5.29. The number of hydrogen-bond acceptors (Lipinski definition) is 0. The van der Waals surface area contributed by atoms with Crippen LogP contribution in [-0.2, 0) is 0 Å². The Labute approximate surface area is 70.7 Å². The molecule has 3 atom stereocenters. The second-order valence-corrected chi connectivity index (χ2v) is 3.88. The molecule has 0 saturated heterocycles. The van der Waals surface area contributed by atoms with E-state index in [2.05, 4.69) is 26.5 Å². The Bertz CT molecular complexity index is 126. The first-order valence-corrected chi connectivity index (χ1v) is 4.92. The molecule has 1 rings (SSSR count). The summed E-state index contributed by atoms with van der Waals surface area (Å²) in [6.07, 6.45) is 7.73. The first kappa shape index (κ1) is 8.83. The summed E-state index contributed by atoms with van der Waals surface area (Å²) in [6.45, 7) is 8.62. The summed E-state index contributed by atoms with van der Waals surface area (Å²) >= 11 is 0. The Morgan fingerprint density at radius 1 is 1.45 bits per heavy atom. The third-order valence-electron chi connectivity index (χ3n) is 3.25. The lowest BCUT2D eigenvalue weighted by Crippen LogP contribution is -2.24. The molecule has 0 nitrogen and oxygen atoms in total. The van der Waals surface area contributed by atoms with Crippen molar-refractivity contribution in [2.24, 2.45) is 17.8 Å². The van der Waals surface area contributed by atoms with Gasteiger partial charge in [-0.1, -0.05) is 39.2 Å². The van der Waals surface area contributed by atoms with Crippen molar-refractivity contribution in [1.82, 2.24) is 0 Å². The SMILES string of the molecule is C=CC1CCCC(C)C1CC. The third-order valence-corrected chi connectivity index (χ3v) is 3.25. The molecule has 0 aromatic rings. The van der Waals surface area contributed by atoms with E-state index < -0.39 is 0 Å². The highest BCUT2D eigenvalue weighted by molar-refractivity contribution is 4.89. The number of rotatable bonds is 2. The maximum absolute atomic E-state index is 3.92. The van der Waals surface area contributed by atoms with Crippen LogP contribution in [0.2, 0.25) is 0 Å². The van der Waals surface area contributed by atoms with Crippen molar-refractivity contribution < 1.29 is 0 Å². The van der Waals surface area contributed by atoms with Crippen LogP contribution in [0.4, 0.5) is 0 Å². The minimum atomic E-state index is 0.809. The molecule has 0 aromatic carbocycles. The van der Waals surface area contributed by atoms with Gasteiger partial charge in [-0.05, 0) is 24.2 Å². The van der Waals surface area contributed by atoms with E-state index in [9.17, 15) is 0 Å². The highest BCUT2D eigenvalue weighted by atomic mass is 14.3. The summed E-state index contributed by atoms with van der Waals surface area (Å²) < 4.78 is 0. The van der Waals surface area contributed by atoms with Crippen molar-refractivity contribution in [3.05, 3.63) is 12.7 Å². The Hall–Kier alpha value is -0.260. The van der Waals surface area contributed by atoms with Crippen LogP contribution in [0.15, 0.2) is 12.7 Å². The van der Waals surface area contributed by atoms with E-state index in [0.29, 0.717) is 0 Å². The second kappa shape index (κ2) is 3.94. The molecule has 3 unspecified atom stereocenters. The van der Waals surface area contributed by atoms with Crippen molar-refractivity contribution in [1.29, 1.82) is 0 Å². The van der Waals surface area contributed by atoms with Gasteiger partial charge in [-0.25, -0.2) is 0 Å². The number of allylic oxidation sites excluding steroid dienone is 1. The predicted octanol–water partition coefficient (Wildman–Crippen LogP) is 3.63. The predicted molar refractivity (Wildman–Crippen MR) is 50.5 cm³/mol. The zero-order valence-electron chi connectivity index (χ0n) is 7.84. The highest BCUT2D eigenvalue weighted by Gasteiger charge is 2.26. The molecule has 1 aliphatic rings. The summed E-state index contributed by atoms with van der Waals surface area (Å²) in [6, 6.07) is 0. The average Bonchev–Trinajstić information content (AvgIpc) is 2.04. The molecule has 0 aromatic heterocycles. The molecule has 1 aliphatic carbocycles. The molecule has 0 N–H and O–H groups in total. The molecule has 0 heterocycles. The fourth-order valence-electron chi connectivity index (χ4n) is 2.52. The lowest BCUT2D eigenvalue weighted by molar-refractivity contribution is 0.194. The Kier molecular flexibility index (Phi) is 3.16. The van der Waals surface area contributed by atoms with Crippen LogP contribution in [-0.4, -0.2) is 0 Å². The molecule has 0 amide bonds. The fraction of sp³-hybridized carbons (Fsp3) is 0.818. The van der Waals surface area contributed by atoms with E-state index in [1.165, 1.54) is 25.7 Å². The van der Waals surface area contributed by atoms with Crippen LogP contribution < -0.4 is 0 Å². The quantitative estimate of drug-likeness (QED) is 0.530. The van der Waals surface area contributed by atoms with E-state index in [1.54, 1.807) is 0 Å². The molecule has 0 radical (unpaired) electrons. The minimum Gasteiger partial charge on any atom is -0.103 e. The molecule has 11 heavy (non-hydrogen) atoms. The topological polar surface area (TPSA) is 0 Å². The molecule has 64 valence electrons. The lowest BCUT2D eigenvalue weighted by Gasteiger charge is -2.34. The van der Waals surface area contributed by atoms with Crippen molar-refractivity contribution in [2.75, 3.05) is 0 Å². The van der Waals surface area contributed by atoms with E-state index in [1.807, 2.05) is 0 Å². The van der Waals surface area contributed by atoms with Crippen molar-refractivity contribution in [3.63, 3.8) is 0 Å². The van der Waals surface area contributed by atoms with E-state index >= 15 is 0 Å². The summed E-state index contributed by atoms with van der Waals surface area (Å²) in [5.74, 6) is 2.65. The Morgan fingerprint density at radius 3 is 2.64 bits per heavy atom. The molecule has 0 heteroatoms. The Balaban J connectivity index is 2.55. The molecular weight excluding hydrogens is 132 g/mol. The summed E-state index contributed by atoms with van der Waals surface area (Å²) in [5, 5.41) is 0. The summed E-state index contributed by atoms with van der Waals surface area (Å²) in [5.41, 5.74) is 0. The van der Waals surface area contributed by atoms with E-state index in [0.717, 1.165) is 17.8 Å². The molecule has 1 fully saturated rings. The van der Waals surface area contributed by atoms with Gasteiger partial charge in [0.15, 0.2) is 0 Å². The first-order valence-electron chi connectivity index (χ1n) is 4.92. The van der Waals surface area contributed by atoms with Crippen molar-refractivity contribution in [3.8, 4) is 0 Å². The maximum Gasteiger partial charge on any atom is -0.0205 e. The zero-order valence-corrected chi connectivity index (χ0v) is 7.84. The van der Waals surface area contributed by atoms with Crippen molar-refractivity contribution >= 4 is 0 Å². The zero-order chi connectivity index (χ0) is 8.27. The van der Waals surface area contributed by atoms with Gasteiger partial charge < -0.3 is 0 Å². The number of hydrogen-bond donors (Lipinski definition) is 0. The van der Waals surface area contributed by atoms with Gasteiger partial charge in [0.2, 0.25) is 0 Å². The highest BCUT2D eigenvalue weighted by Crippen LogP contribution is 2.36. The largest absolute Gasteiger partial charge is 0.103 e. The van der Waals surface area contributed by atoms with Crippen molar-refractivity contribution in [2.45, 2.75) is 39.5 Å². The van der Waals surface area contributed by atoms with Crippen LogP contribution in [0.3, 0.4) is 0 Å². The van der Waals surface area contributed by atoms with Crippen LogP contribution in [0, 0.1) is 17.8 Å². The normalized spacial score (nSPS) is 38.5. The minimum absolute atomic E-state index is 0.809.